The molecule has 0 saturated carbocycles. The smallest absolute Gasteiger partial charge is 0.415 e. The number of nitrogens with one attached hydrogen (secondary N) is 1. The zero-order valence-electron chi connectivity index (χ0n) is 17.6. The third-order valence-electron chi connectivity index (χ3n) is 5.25. The van der Waals surface area contributed by atoms with Gasteiger partial charge in [-0.25, -0.2) is 9.78 Å². The van der Waals surface area contributed by atoms with E-state index in [0.717, 1.165) is 0 Å². The van der Waals surface area contributed by atoms with Crippen molar-refractivity contribution >= 4 is 33.9 Å². The van der Waals surface area contributed by atoms with Crippen LogP contribution in [-0.2, 0) is 13.7 Å². The van der Waals surface area contributed by atoms with Gasteiger partial charge in [-0.1, -0.05) is 20.8 Å². The van der Waals surface area contributed by atoms with Gasteiger partial charge in [0.2, 0.25) is 0 Å². The van der Waals surface area contributed by atoms with Crippen LogP contribution in [0.25, 0.3) is 0 Å². The summed E-state index contributed by atoms with van der Waals surface area (Å²) >= 11 is 0. The molecule has 10 heteroatoms. The highest BCUT2D eigenvalue weighted by Crippen LogP contribution is 2.54. The Labute approximate surface area is 172 Å². The first-order valence-corrected chi connectivity index (χ1v) is 11.9. The van der Waals surface area contributed by atoms with Crippen LogP contribution in [0, 0.1) is 0 Å². The van der Waals surface area contributed by atoms with Crippen LogP contribution in [0.2, 0.25) is 0 Å². The number of pyridine rings is 1. The third kappa shape index (κ3) is 4.76. The zero-order chi connectivity index (χ0) is 21.4. The maximum atomic E-state index is 12.4. The van der Waals surface area contributed by atoms with Gasteiger partial charge in [-0.15, -0.1) is 10.3 Å². The van der Waals surface area contributed by atoms with Crippen molar-refractivity contribution in [2.24, 2.45) is 5.73 Å². The van der Waals surface area contributed by atoms with Crippen LogP contribution in [-0.4, -0.2) is 66.1 Å². The fourth-order valence-electron chi connectivity index (χ4n) is 2.89. The van der Waals surface area contributed by atoms with Crippen molar-refractivity contribution in [1.82, 2.24) is 4.98 Å². The number of carbonyl (C=O) groups excluding carboxylic acids is 2. The molecule has 1 aromatic heterocycles. The summed E-state index contributed by atoms with van der Waals surface area (Å²) in [7, 11) is -1.35. The van der Waals surface area contributed by atoms with Crippen LogP contribution < -0.4 is 20.7 Å². The molecule has 1 saturated heterocycles. The normalized spacial score (nSPS) is 21.2. The molecule has 2 unspecified atom stereocenters. The Morgan fingerprint density at radius 1 is 1.38 bits per heavy atom. The van der Waals surface area contributed by atoms with E-state index >= 15 is 0 Å². The maximum Gasteiger partial charge on any atom is 0.415 e. The van der Waals surface area contributed by atoms with E-state index in [1.165, 1.54) is 4.90 Å². The van der Waals surface area contributed by atoms with Crippen molar-refractivity contribution in [3.05, 3.63) is 12.1 Å². The van der Waals surface area contributed by atoms with E-state index in [1.807, 2.05) is 0 Å². The molecule has 1 aromatic rings. The molecule has 0 aliphatic carbocycles. The monoisotopic (exact) mass is 426 g/mol. The number of carbonyl (C=O) groups is 2. The second-order valence-corrected chi connectivity index (χ2v) is 12.4. The summed E-state index contributed by atoms with van der Waals surface area (Å²) in [5.41, 5.74) is 5.94. The molecule has 2 aliphatic heterocycles. The Hall–Kier alpha value is -2.04. The fraction of sp³-hybridized carbons (Fsp3) is 0.632. The van der Waals surface area contributed by atoms with E-state index in [0.29, 0.717) is 36.9 Å². The third-order valence-corrected chi connectivity index (χ3v) is 8.95. The quantitative estimate of drug-likeness (QED) is 0.717. The SMILES string of the molecule is CC(C)(C)S(C)(C)OC(CN)CC1CN(c2ccc3c(n2)NC(=O)CO3)C(=O)O1. The minimum atomic E-state index is -1.35. The van der Waals surface area contributed by atoms with Crippen molar-refractivity contribution < 1.29 is 23.2 Å². The molecule has 2 amide bonds. The lowest BCUT2D eigenvalue weighted by atomic mass is 10.1. The van der Waals surface area contributed by atoms with Crippen molar-refractivity contribution in [2.75, 3.05) is 42.4 Å². The van der Waals surface area contributed by atoms with Gasteiger partial charge in [-0.2, -0.15) is 0 Å². The van der Waals surface area contributed by atoms with Gasteiger partial charge in [-0.05, 0) is 24.6 Å². The molecule has 0 radical (unpaired) electrons. The first-order valence-electron chi connectivity index (χ1n) is 9.53. The van der Waals surface area contributed by atoms with E-state index < -0.39 is 16.4 Å². The summed E-state index contributed by atoms with van der Waals surface area (Å²) in [6, 6.07) is 3.35. The highest BCUT2D eigenvalue weighted by Gasteiger charge is 2.37. The highest BCUT2D eigenvalue weighted by atomic mass is 32.3. The summed E-state index contributed by atoms with van der Waals surface area (Å²) in [5.74, 6) is 0.888. The Kier molecular flexibility index (Phi) is 5.98. The predicted octanol–water partition coefficient (Wildman–Crippen LogP) is 2.25. The fourth-order valence-corrected chi connectivity index (χ4v) is 4.01. The molecule has 3 heterocycles. The standard InChI is InChI=1S/C19H30N4O5S/c1-19(2,3)29(4,5)28-12(9-20)8-13-10-23(18(25)27-13)15-7-6-14-17(21-15)22-16(24)11-26-14/h6-7,12-13H,8-11,20H2,1-5H3,(H,21,22,24). The molecule has 29 heavy (non-hydrogen) atoms. The van der Waals surface area contributed by atoms with Crippen molar-refractivity contribution in [3.63, 3.8) is 0 Å². The second-order valence-electron chi connectivity index (χ2n) is 8.50. The van der Waals surface area contributed by atoms with Gasteiger partial charge in [0.25, 0.3) is 5.91 Å². The van der Waals surface area contributed by atoms with Crippen LogP contribution in [0.15, 0.2) is 12.1 Å². The number of anilines is 2. The molecule has 9 nitrogen and oxygen atoms in total. The second kappa shape index (κ2) is 8.00. The van der Waals surface area contributed by atoms with E-state index in [9.17, 15) is 9.59 Å². The maximum absolute atomic E-state index is 12.4. The summed E-state index contributed by atoms with van der Waals surface area (Å²) in [5, 5.41) is 2.64. The van der Waals surface area contributed by atoms with Gasteiger partial charge in [0.1, 0.15) is 11.9 Å². The number of rotatable bonds is 6. The summed E-state index contributed by atoms with van der Waals surface area (Å²) < 4.78 is 17.2. The number of cyclic esters (lactones) is 1. The van der Waals surface area contributed by atoms with Crippen molar-refractivity contribution in [3.8, 4) is 5.75 Å². The number of nitrogens with zero attached hydrogens (tertiary/aromatic N) is 2. The van der Waals surface area contributed by atoms with Gasteiger partial charge < -0.3 is 24.7 Å². The number of fused-ring (bicyclic) bond motifs is 1. The van der Waals surface area contributed by atoms with E-state index in [4.69, 9.17) is 19.4 Å². The zero-order valence-corrected chi connectivity index (χ0v) is 18.4. The minimum absolute atomic E-state index is 0.0123. The topological polar surface area (TPSA) is 116 Å². The van der Waals surface area contributed by atoms with Crippen molar-refractivity contribution in [2.45, 2.75) is 44.1 Å². The minimum Gasteiger partial charge on any atom is -0.480 e. The first kappa shape index (κ1) is 21.7. The Morgan fingerprint density at radius 2 is 2.10 bits per heavy atom. The largest absolute Gasteiger partial charge is 0.480 e. The van der Waals surface area contributed by atoms with E-state index in [1.54, 1.807) is 12.1 Å². The molecule has 162 valence electrons. The molecule has 0 aromatic carbocycles. The molecule has 0 bridgehead atoms. The number of hydrogen-bond acceptors (Lipinski definition) is 7. The molecule has 1 fully saturated rings. The summed E-state index contributed by atoms with van der Waals surface area (Å²) in [6.07, 6.45) is 3.71. The van der Waals surface area contributed by atoms with Gasteiger partial charge >= 0.3 is 6.09 Å². The van der Waals surface area contributed by atoms with Gasteiger partial charge in [0.05, 0.1) is 12.6 Å². The van der Waals surface area contributed by atoms with Crippen LogP contribution in [0.4, 0.5) is 16.4 Å². The number of amides is 2. The lowest BCUT2D eigenvalue weighted by Crippen LogP contribution is -2.35. The first-order chi connectivity index (χ1) is 13.5. The molecule has 3 rings (SSSR count). The average molecular weight is 427 g/mol. The summed E-state index contributed by atoms with van der Waals surface area (Å²) in [6.45, 7) is 7.09. The summed E-state index contributed by atoms with van der Waals surface area (Å²) in [4.78, 5) is 29.7. The molecular formula is C19H30N4O5S. The van der Waals surface area contributed by atoms with Gasteiger partial charge in [-0.3, -0.25) is 9.69 Å². The molecule has 3 N–H and O–H groups in total. The molecular weight excluding hydrogens is 396 g/mol. The Bertz CT molecular complexity index is 795. The van der Waals surface area contributed by atoms with Crippen molar-refractivity contribution in [1.29, 1.82) is 0 Å². The Balaban J connectivity index is 1.67. The van der Waals surface area contributed by atoms with Gasteiger partial charge in [0, 0.05) is 17.7 Å². The molecule has 0 spiro atoms. The highest BCUT2D eigenvalue weighted by molar-refractivity contribution is 8.29. The molecule has 2 atom stereocenters. The number of nitrogens with two attached hydrogens (primary N) is 1. The van der Waals surface area contributed by atoms with Crippen LogP contribution in [0.5, 0.6) is 5.75 Å². The van der Waals surface area contributed by atoms with Crippen LogP contribution >= 0.6 is 10.3 Å². The van der Waals surface area contributed by atoms with Crippen LogP contribution in [0.1, 0.15) is 27.2 Å². The number of ether oxygens (including phenoxy) is 2. The number of aromatic nitrogens is 1. The van der Waals surface area contributed by atoms with Crippen LogP contribution in [0.3, 0.4) is 0 Å². The average Bonchev–Trinajstić information content (AvgIpc) is 2.99. The lowest BCUT2D eigenvalue weighted by molar-refractivity contribution is -0.118. The van der Waals surface area contributed by atoms with E-state index in [2.05, 4.69) is 43.6 Å². The van der Waals surface area contributed by atoms with E-state index in [-0.39, 0.29) is 29.5 Å². The predicted molar refractivity (Wildman–Crippen MR) is 114 cm³/mol. The molecule has 2 aliphatic rings. The number of hydrogen-bond donors (Lipinski definition) is 2. The lowest BCUT2D eigenvalue weighted by Gasteiger charge is -2.46. The van der Waals surface area contributed by atoms with Gasteiger partial charge in [0.15, 0.2) is 18.2 Å². The Morgan fingerprint density at radius 3 is 2.76 bits per heavy atom.